The van der Waals surface area contributed by atoms with Crippen LogP contribution in [0.3, 0.4) is 0 Å². The zero-order valence-corrected chi connectivity index (χ0v) is 5.81. The van der Waals surface area contributed by atoms with Crippen LogP contribution in [-0.2, 0) is 4.74 Å². The summed E-state index contributed by atoms with van der Waals surface area (Å²) in [7, 11) is 1.81. The summed E-state index contributed by atoms with van der Waals surface area (Å²) in [5.74, 6) is 0. The first-order chi connectivity index (χ1) is 4.35. The van der Waals surface area contributed by atoms with Crippen LogP contribution in [0.5, 0.6) is 0 Å². The van der Waals surface area contributed by atoms with Gasteiger partial charge in [0.25, 0.3) is 0 Å². The van der Waals surface area contributed by atoms with Crippen molar-refractivity contribution in [2.24, 2.45) is 5.41 Å². The van der Waals surface area contributed by atoms with E-state index in [2.05, 4.69) is 5.32 Å². The summed E-state index contributed by atoms with van der Waals surface area (Å²) in [5, 5.41) is 3.29. The number of rotatable bonds is 1. The Morgan fingerprint density at radius 1 is 1.44 bits per heavy atom. The number of hydrogen-bond donors (Lipinski definition) is 1. The molecule has 2 nitrogen and oxygen atoms in total. The maximum atomic E-state index is 5.19. The first-order valence-corrected chi connectivity index (χ1v) is 3.58. The van der Waals surface area contributed by atoms with E-state index >= 15 is 0 Å². The summed E-state index contributed by atoms with van der Waals surface area (Å²) in [5.41, 5.74) is 0.681. The lowest BCUT2D eigenvalue weighted by molar-refractivity contribution is -0.0850. The molecule has 1 aliphatic carbocycles. The molecule has 1 aliphatic heterocycles. The van der Waals surface area contributed by atoms with Gasteiger partial charge in [0.1, 0.15) is 0 Å². The van der Waals surface area contributed by atoms with Gasteiger partial charge in [0.15, 0.2) is 0 Å². The van der Waals surface area contributed by atoms with Gasteiger partial charge in [0.05, 0.1) is 6.10 Å². The summed E-state index contributed by atoms with van der Waals surface area (Å²) in [6, 6.07) is 0. The van der Waals surface area contributed by atoms with Crippen molar-refractivity contribution in [3.8, 4) is 0 Å². The molecule has 2 fully saturated rings. The van der Waals surface area contributed by atoms with E-state index in [4.69, 9.17) is 4.74 Å². The molecular weight excluding hydrogens is 114 g/mol. The van der Waals surface area contributed by atoms with Crippen LogP contribution in [0.2, 0.25) is 0 Å². The Morgan fingerprint density at radius 3 is 2.44 bits per heavy atom. The maximum Gasteiger partial charge on any atom is 0.0583 e. The van der Waals surface area contributed by atoms with Crippen molar-refractivity contribution < 1.29 is 4.74 Å². The maximum absolute atomic E-state index is 5.19. The molecule has 0 bridgehead atoms. The monoisotopic (exact) mass is 127 g/mol. The predicted molar refractivity (Wildman–Crippen MR) is 35.3 cm³/mol. The largest absolute Gasteiger partial charge is 0.381 e. The fraction of sp³-hybridized carbons (Fsp3) is 1.00. The fourth-order valence-corrected chi connectivity index (χ4v) is 1.84. The normalized spacial score (nSPS) is 31.7. The average Bonchev–Trinajstić information content (AvgIpc) is 1.59. The Bertz CT molecular complexity index is 112. The van der Waals surface area contributed by atoms with E-state index in [-0.39, 0.29) is 0 Å². The van der Waals surface area contributed by atoms with Gasteiger partial charge in [-0.15, -0.1) is 0 Å². The van der Waals surface area contributed by atoms with Crippen LogP contribution in [0.15, 0.2) is 0 Å². The average molecular weight is 127 g/mol. The van der Waals surface area contributed by atoms with E-state index in [0.717, 1.165) is 0 Å². The molecule has 1 spiro atoms. The van der Waals surface area contributed by atoms with Crippen LogP contribution in [0.1, 0.15) is 12.8 Å². The summed E-state index contributed by atoms with van der Waals surface area (Å²) in [6.45, 7) is 2.46. The van der Waals surface area contributed by atoms with Crippen molar-refractivity contribution in [2.75, 3.05) is 20.2 Å². The lowest BCUT2D eigenvalue weighted by Gasteiger charge is -2.53. The number of nitrogens with one attached hydrogen (secondary N) is 1. The number of hydrogen-bond acceptors (Lipinski definition) is 2. The third-order valence-corrected chi connectivity index (χ3v) is 2.65. The van der Waals surface area contributed by atoms with Gasteiger partial charge in [0.2, 0.25) is 0 Å². The zero-order chi connectivity index (χ0) is 6.32. The summed E-state index contributed by atoms with van der Waals surface area (Å²) in [4.78, 5) is 0. The molecule has 1 heterocycles. The Hall–Kier alpha value is -0.0800. The molecule has 0 aromatic heterocycles. The SMILES string of the molecule is COC1CC2(CNC2)C1. The van der Waals surface area contributed by atoms with Crippen molar-refractivity contribution in [3.05, 3.63) is 0 Å². The van der Waals surface area contributed by atoms with Crippen molar-refractivity contribution in [1.29, 1.82) is 0 Å². The second kappa shape index (κ2) is 1.70. The summed E-state index contributed by atoms with van der Waals surface area (Å²) >= 11 is 0. The van der Waals surface area contributed by atoms with Crippen molar-refractivity contribution in [3.63, 3.8) is 0 Å². The van der Waals surface area contributed by atoms with E-state index in [1.165, 1.54) is 25.9 Å². The molecule has 9 heavy (non-hydrogen) atoms. The van der Waals surface area contributed by atoms with Gasteiger partial charge in [0, 0.05) is 25.6 Å². The second-order valence-electron chi connectivity index (χ2n) is 3.37. The van der Waals surface area contributed by atoms with Crippen molar-refractivity contribution in [2.45, 2.75) is 18.9 Å². The highest BCUT2D eigenvalue weighted by Gasteiger charge is 2.48. The Balaban J connectivity index is 1.82. The Labute approximate surface area is 55.6 Å². The highest BCUT2D eigenvalue weighted by atomic mass is 16.5. The molecule has 0 unspecified atom stereocenters. The molecule has 0 aromatic carbocycles. The van der Waals surface area contributed by atoms with Crippen LogP contribution >= 0.6 is 0 Å². The summed E-state index contributed by atoms with van der Waals surface area (Å²) < 4.78 is 5.19. The minimum absolute atomic E-state index is 0.576. The van der Waals surface area contributed by atoms with Gasteiger partial charge in [-0.1, -0.05) is 0 Å². The standard InChI is InChI=1S/C7H13NO/c1-9-6-2-7(3-6)4-8-5-7/h6,8H,2-5H2,1H3. The lowest BCUT2D eigenvalue weighted by atomic mass is 9.63. The summed E-state index contributed by atoms with van der Waals surface area (Å²) in [6.07, 6.45) is 3.15. The molecule has 0 amide bonds. The van der Waals surface area contributed by atoms with Crippen molar-refractivity contribution >= 4 is 0 Å². The number of ether oxygens (including phenoxy) is 1. The molecule has 1 saturated carbocycles. The quantitative estimate of drug-likeness (QED) is 0.550. The highest BCUT2D eigenvalue weighted by molar-refractivity contribution is 5.03. The zero-order valence-electron chi connectivity index (χ0n) is 5.81. The van der Waals surface area contributed by atoms with Crippen LogP contribution in [0, 0.1) is 5.41 Å². The third-order valence-electron chi connectivity index (χ3n) is 2.65. The van der Waals surface area contributed by atoms with E-state index in [1.54, 1.807) is 0 Å². The van der Waals surface area contributed by atoms with E-state index in [0.29, 0.717) is 11.5 Å². The smallest absolute Gasteiger partial charge is 0.0583 e. The van der Waals surface area contributed by atoms with E-state index in [9.17, 15) is 0 Å². The lowest BCUT2D eigenvalue weighted by Crippen LogP contribution is -2.62. The van der Waals surface area contributed by atoms with Crippen molar-refractivity contribution in [1.82, 2.24) is 5.32 Å². The third kappa shape index (κ3) is 0.700. The molecule has 2 aliphatic rings. The van der Waals surface area contributed by atoms with Gasteiger partial charge >= 0.3 is 0 Å². The first kappa shape index (κ1) is 5.69. The fourth-order valence-electron chi connectivity index (χ4n) is 1.84. The van der Waals surface area contributed by atoms with Gasteiger partial charge in [-0.2, -0.15) is 0 Å². The highest BCUT2D eigenvalue weighted by Crippen LogP contribution is 2.45. The molecule has 0 radical (unpaired) electrons. The molecular formula is C7H13NO. The van der Waals surface area contributed by atoms with Gasteiger partial charge in [-0.25, -0.2) is 0 Å². The minimum Gasteiger partial charge on any atom is -0.381 e. The Morgan fingerprint density at radius 2 is 2.11 bits per heavy atom. The Kier molecular flexibility index (Phi) is 1.08. The van der Waals surface area contributed by atoms with Gasteiger partial charge in [-0.3, -0.25) is 0 Å². The molecule has 2 heteroatoms. The molecule has 1 saturated heterocycles. The van der Waals surface area contributed by atoms with Gasteiger partial charge < -0.3 is 10.1 Å². The molecule has 52 valence electrons. The molecule has 0 aromatic rings. The van der Waals surface area contributed by atoms with E-state index < -0.39 is 0 Å². The first-order valence-electron chi connectivity index (χ1n) is 3.58. The second-order valence-corrected chi connectivity index (χ2v) is 3.37. The molecule has 2 rings (SSSR count). The van der Waals surface area contributed by atoms with Crippen LogP contribution in [0.25, 0.3) is 0 Å². The van der Waals surface area contributed by atoms with Crippen LogP contribution in [0.4, 0.5) is 0 Å². The minimum atomic E-state index is 0.576. The molecule has 0 atom stereocenters. The van der Waals surface area contributed by atoms with Gasteiger partial charge in [-0.05, 0) is 12.8 Å². The predicted octanol–water partition coefficient (Wildman–Crippen LogP) is 0.385. The van der Waals surface area contributed by atoms with E-state index in [1.807, 2.05) is 7.11 Å². The van der Waals surface area contributed by atoms with Crippen LogP contribution < -0.4 is 5.32 Å². The number of methoxy groups -OCH3 is 1. The molecule has 1 N–H and O–H groups in total. The topological polar surface area (TPSA) is 21.3 Å². The van der Waals surface area contributed by atoms with Crippen LogP contribution in [-0.4, -0.2) is 26.3 Å².